The lowest BCUT2D eigenvalue weighted by atomic mass is 9.80. The first kappa shape index (κ1) is 12.7. The van der Waals surface area contributed by atoms with Gasteiger partial charge in [0.2, 0.25) is 5.91 Å². The molecule has 0 bridgehead atoms. The number of carbonyl (C=O) groups is 1. The van der Waals surface area contributed by atoms with Crippen LogP contribution in [0.5, 0.6) is 0 Å². The fourth-order valence-corrected chi connectivity index (χ4v) is 3.13. The lowest BCUT2D eigenvalue weighted by molar-refractivity contribution is -0.127. The number of hydrogen-bond acceptors (Lipinski definition) is 2. The second-order valence-electron chi connectivity index (χ2n) is 5.93. The SMILES string of the molecule is NC1CC(C(=O)NCCc2ccc3c(c2)CCC3)C1. The van der Waals surface area contributed by atoms with Crippen molar-refractivity contribution in [1.29, 1.82) is 0 Å². The van der Waals surface area contributed by atoms with Gasteiger partial charge in [-0.3, -0.25) is 4.79 Å². The maximum Gasteiger partial charge on any atom is 0.223 e. The summed E-state index contributed by atoms with van der Waals surface area (Å²) < 4.78 is 0. The van der Waals surface area contributed by atoms with E-state index < -0.39 is 0 Å². The molecule has 0 aromatic heterocycles. The van der Waals surface area contributed by atoms with Gasteiger partial charge < -0.3 is 11.1 Å². The second kappa shape index (κ2) is 5.33. The van der Waals surface area contributed by atoms with Crippen LogP contribution in [-0.2, 0) is 24.1 Å². The van der Waals surface area contributed by atoms with Crippen molar-refractivity contribution >= 4 is 5.91 Å². The van der Waals surface area contributed by atoms with E-state index in [1.807, 2.05) is 0 Å². The number of amides is 1. The molecule has 3 heteroatoms. The van der Waals surface area contributed by atoms with Crippen LogP contribution in [0, 0.1) is 5.92 Å². The van der Waals surface area contributed by atoms with Gasteiger partial charge in [0.25, 0.3) is 0 Å². The molecule has 0 saturated heterocycles. The van der Waals surface area contributed by atoms with Gasteiger partial charge in [-0.1, -0.05) is 18.2 Å². The molecule has 1 aromatic carbocycles. The molecule has 1 fully saturated rings. The number of hydrogen-bond donors (Lipinski definition) is 2. The molecule has 1 aromatic rings. The standard InChI is InChI=1S/C16H22N2O/c17-15-9-14(10-15)16(19)18-7-6-11-4-5-12-2-1-3-13(12)8-11/h4-5,8,14-15H,1-3,6-7,9-10,17H2,(H,18,19). The van der Waals surface area contributed by atoms with Crippen LogP contribution < -0.4 is 11.1 Å². The third-order valence-corrected chi connectivity index (χ3v) is 4.42. The predicted molar refractivity (Wildman–Crippen MR) is 75.9 cm³/mol. The number of nitrogens with one attached hydrogen (secondary N) is 1. The third-order valence-electron chi connectivity index (χ3n) is 4.42. The van der Waals surface area contributed by atoms with Crippen LogP contribution in [0.1, 0.15) is 36.0 Å². The van der Waals surface area contributed by atoms with E-state index in [0.717, 1.165) is 25.8 Å². The summed E-state index contributed by atoms with van der Waals surface area (Å²) in [5.74, 6) is 0.345. The molecule has 0 atom stereocenters. The molecular weight excluding hydrogens is 236 g/mol. The van der Waals surface area contributed by atoms with Gasteiger partial charge in [-0.2, -0.15) is 0 Å². The Kier molecular flexibility index (Phi) is 3.56. The largest absolute Gasteiger partial charge is 0.356 e. The summed E-state index contributed by atoms with van der Waals surface area (Å²) in [6, 6.07) is 7.01. The van der Waals surface area contributed by atoms with Crippen molar-refractivity contribution in [2.45, 2.75) is 44.6 Å². The number of nitrogens with two attached hydrogens (primary N) is 1. The number of fused-ring (bicyclic) bond motifs is 1. The van der Waals surface area contributed by atoms with Crippen molar-refractivity contribution < 1.29 is 4.79 Å². The summed E-state index contributed by atoms with van der Waals surface area (Å²) in [5.41, 5.74) is 10.1. The summed E-state index contributed by atoms with van der Waals surface area (Å²) in [4.78, 5) is 11.8. The van der Waals surface area contributed by atoms with Gasteiger partial charge in [-0.15, -0.1) is 0 Å². The van der Waals surface area contributed by atoms with E-state index in [1.54, 1.807) is 0 Å². The lowest BCUT2D eigenvalue weighted by Crippen LogP contribution is -2.45. The van der Waals surface area contributed by atoms with Crippen molar-refractivity contribution in [3.63, 3.8) is 0 Å². The molecule has 3 nitrogen and oxygen atoms in total. The number of aryl methyl sites for hydroxylation is 2. The maximum absolute atomic E-state index is 11.8. The zero-order chi connectivity index (χ0) is 13.2. The zero-order valence-corrected chi connectivity index (χ0v) is 11.3. The van der Waals surface area contributed by atoms with Gasteiger partial charge in [0.1, 0.15) is 0 Å². The van der Waals surface area contributed by atoms with Crippen molar-refractivity contribution in [2.75, 3.05) is 6.54 Å². The normalized spacial score (nSPS) is 24.7. The average molecular weight is 258 g/mol. The Morgan fingerprint density at radius 1 is 1.26 bits per heavy atom. The molecule has 2 aliphatic rings. The van der Waals surface area contributed by atoms with Crippen LogP contribution in [0.2, 0.25) is 0 Å². The topological polar surface area (TPSA) is 55.1 Å². The van der Waals surface area contributed by atoms with Gasteiger partial charge in [0.15, 0.2) is 0 Å². The highest BCUT2D eigenvalue weighted by molar-refractivity contribution is 5.79. The minimum Gasteiger partial charge on any atom is -0.356 e. The molecule has 0 unspecified atom stereocenters. The first-order chi connectivity index (χ1) is 9.22. The molecule has 1 saturated carbocycles. The Morgan fingerprint density at radius 3 is 2.84 bits per heavy atom. The van der Waals surface area contributed by atoms with E-state index in [-0.39, 0.29) is 17.9 Å². The van der Waals surface area contributed by atoms with Crippen molar-refractivity contribution in [1.82, 2.24) is 5.32 Å². The van der Waals surface area contributed by atoms with Crippen molar-refractivity contribution in [3.05, 3.63) is 34.9 Å². The fourth-order valence-electron chi connectivity index (χ4n) is 3.13. The van der Waals surface area contributed by atoms with Crippen LogP contribution in [0.15, 0.2) is 18.2 Å². The minimum absolute atomic E-state index is 0.162. The lowest BCUT2D eigenvalue weighted by Gasteiger charge is -2.31. The molecule has 2 aliphatic carbocycles. The summed E-state index contributed by atoms with van der Waals surface area (Å²) in [5, 5.41) is 3.03. The molecular formula is C16H22N2O. The highest BCUT2D eigenvalue weighted by Gasteiger charge is 2.31. The second-order valence-corrected chi connectivity index (χ2v) is 5.93. The highest BCUT2D eigenvalue weighted by atomic mass is 16.1. The molecule has 19 heavy (non-hydrogen) atoms. The van der Waals surface area contributed by atoms with Gasteiger partial charge in [0, 0.05) is 18.5 Å². The maximum atomic E-state index is 11.8. The predicted octanol–water partition coefficient (Wildman–Crippen LogP) is 1.57. The third kappa shape index (κ3) is 2.81. The van der Waals surface area contributed by atoms with E-state index in [1.165, 1.54) is 36.0 Å². The number of rotatable bonds is 4. The van der Waals surface area contributed by atoms with Crippen LogP contribution in [0.25, 0.3) is 0 Å². The van der Waals surface area contributed by atoms with Crippen LogP contribution >= 0.6 is 0 Å². The van der Waals surface area contributed by atoms with Crippen LogP contribution in [-0.4, -0.2) is 18.5 Å². The van der Waals surface area contributed by atoms with E-state index in [2.05, 4.69) is 23.5 Å². The Hall–Kier alpha value is -1.35. The quantitative estimate of drug-likeness (QED) is 0.861. The van der Waals surface area contributed by atoms with E-state index in [4.69, 9.17) is 5.73 Å². The average Bonchev–Trinajstić information content (AvgIpc) is 2.82. The van der Waals surface area contributed by atoms with Gasteiger partial charge >= 0.3 is 0 Å². The smallest absolute Gasteiger partial charge is 0.223 e. The molecule has 0 heterocycles. The van der Waals surface area contributed by atoms with E-state index in [0.29, 0.717) is 0 Å². The van der Waals surface area contributed by atoms with E-state index in [9.17, 15) is 4.79 Å². The Labute approximate surface area is 114 Å². The monoisotopic (exact) mass is 258 g/mol. The molecule has 0 radical (unpaired) electrons. The van der Waals surface area contributed by atoms with Crippen molar-refractivity contribution in [3.8, 4) is 0 Å². The first-order valence-electron chi connectivity index (χ1n) is 7.36. The molecule has 102 valence electrons. The Morgan fingerprint density at radius 2 is 2.05 bits per heavy atom. The Balaban J connectivity index is 1.46. The molecule has 3 rings (SSSR count). The molecule has 0 spiro atoms. The first-order valence-corrected chi connectivity index (χ1v) is 7.36. The number of carbonyl (C=O) groups excluding carboxylic acids is 1. The van der Waals surface area contributed by atoms with Crippen LogP contribution in [0.3, 0.4) is 0 Å². The summed E-state index contributed by atoms with van der Waals surface area (Å²) in [6.45, 7) is 0.739. The van der Waals surface area contributed by atoms with Crippen LogP contribution in [0.4, 0.5) is 0 Å². The minimum atomic E-state index is 0.162. The summed E-state index contributed by atoms with van der Waals surface area (Å²) >= 11 is 0. The van der Waals surface area contributed by atoms with Crippen molar-refractivity contribution in [2.24, 2.45) is 11.7 Å². The van der Waals surface area contributed by atoms with Gasteiger partial charge in [-0.25, -0.2) is 0 Å². The highest BCUT2D eigenvalue weighted by Crippen LogP contribution is 2.25. The molecule has 3 N–H and O–H groups in total. The van der Waals surface area contributed by atoms with Gasteiger partial charge in [0.05, 0.1) is 0 Å². The summed E-state index contributed by atoms with van der Waals surface area (Å²) in [7, 11) is 0. The molecule has 1 amide bonds. The molecule has 0 aliphatic heterocycles. The zero-order valence-electron chi connectivity index (χ0n) is 11.3. The Bertz CT molecular complexity index is 478. The number of benzene rings is 1. The van der Waals surface area contributed by atoms with E-state index >= 15 is 0 Å². The summed E-state index contributed by atoms with van der Waals surface area (Å²) in [6.07, 6.45) is 6.37. The fraction of sp³-hybridized carbons (Fsp3) is 0.562. The van der Waals surface area contributed by atoms with Gasteiger partial charge in [-0.05, 0) is 55.2 Å².